The van der Waals surface area contributed by atoms with Gasteiger partial charge in [0, 0.05) is 11.5 Å². The number of likely N-dealkylation sites (N-methyl/N-ethyl adjacent to an activating group) is 1. The Morgan fingerprint density at radius 3 is 2.59 bits per heavy atom. The van der Waals surface area contributed by atoms with Crippen LogP contribution in [-0.4, -0.2) is 35.1 Å². The molecule has 4 heteroatoms. The van der Waals surface area contributed by atoms with Gasteiger partial charge in [0.1, 0.15) is 0 Å². The summed E-state index contributed by atoms with van der Waals surface area (Å²) in [6, 6.07) is 5.58. The standard InChI is InChI=1S/C13H18BrNO2/c1-9-6-5-7-10(11(9)14)12(17)15(4)13(2,3)8-16/h5-7,16H,8H2,1-4H3. The summed E-state index contributed by atoms with van der Waals surface area (Å²) in [5.41, 5.74) is 1.07. The molecule has 0 radical (unpaired) electrons. The van der Waals surface area contributed by atoms with Crippen molar-refractivity contribution in [2.75, 3.05) is 13.7 Å². The molecule has 3 nitrogen and oxygen atoms in total. The second-order valence-electron chi connectivity index (χ2n) is 4.77. The smallest absolute Gasteiger partial charge is 0.255 e. The van der Waals surface area contributed by atoms with Crippen molar-refractivity contribution in [1.82, 2.24) is 4.90 Å². The fourth-order valence-corrected chi connectivity index (χ4v) is 1.81. The van der Waals surface area contributed by atoms with E-state index in [0.717, 1.165) is 10.0 Å². The van der Waals surface area contributed by atoms with Crippen molar-refractivity contribution in [3.05, 3.63) is 33.8 Å². The Hall–Kier alpha value is -0.870. The fraction of sp³-hybridized carbons (Fsp3) is 0.462. The van der Waals surface area contributed by atoms with Crippen LogP contribution in [0.5, 0.6) is 0 Å². The quantitative estimate of drug-likeness (QED) is 0.932. The number of aliphatic hydroxyl groups excluding tert-OH is 1. The summed E-state index contributed by atoms with van der Waals surface area (Å²) in [5, 5.41) is 9.28. The van der Waals surface area contributed by atoms with E-state index in [1.807, 2.05) is 32.9 Å². The number of halogens is 1. The number of benzene rings is 1. The average Bonchev–Trinajstić information content (AvgIpc) is 2.30. The maximum absolute atomic E-state index is 12.3. The van der Waals surface area contributed by atoms with Gasteiger partial charge in [-0.1, -0.05) is 12.1 Å². The first-order valence-corrected chi connectivity index (χ1v) is 6.24. The van der Waals surface area contributed by atoms with E-state index in [4.69, 9.17) is 0 Å². The van der Waals surface area contributed by atoms with Crippen LogP contribution in [0.2, 0.25) is 0 Å². The van der Waals surface area contributed by atoms with Gasteiger partial charge in [-0.25, -0.2) is 0 Å². The van der Waals surface area contributed by atoms with Crippen molar-refractivity contribution < 1.29 is 9.90 Å². The number of rotatable bonds is 3. The Kier molecular flexibility index (Phi) is 4.33. The summed E-state index contributed by atoms with van der Waals surface area (Å²) < 4.78 is 0.811. The summed E-state index contributed by atoms with van der Waals surface area (Å²) in [6.45, 7) is 5.53. The van der Waals surface area contributed by atoms with Gasteiger partial charge in [0.15, 0.2) is 0 Å². The number of aliphatic hydroxyl groups is 1. The van der Waals surface area contributed by atoms with Crippen molar-refractivity contribution in [2.45, 2.75) is 26.3 Å². The lowest BCUT2D eigenvalue weighted by Gasteiger charge is -2.34. The normalized spacial score (nSPS) is 11.4. The fourth-order valence-electron chi connectivity index (χ4n) is 1.37. The minimum atomic E-state index is -0.569. The zero-order chi connectivity index (χ0) is 13.2. The van der Waals surface area contributed by atoms with Crippen LogP contribution >= 0.6 is 15.9 Å². The van der Waals surface area contributed by atoms with Crippen molar-refractivity contribution in [2.24, 2.45) is 0 Å². The third-order valence-electron chi connectivity index (χ3n) is 3.02. The molecule has 94 valence electrons. The molecule has 1 aromatic rings. The van der Waals surface area contributed by atoms with E-state index < -0.39 is 5.54 Å². The molecule has 0 aliphatic heterocycles. The molecule has 0 spiro atoms. The van der Waals surface area contributed by atoms with Gasteiger partial charge in [0.25, 0.3) is 5.91 Å². The molecule has 1 N–H and O–H groups in total. The van der Waals surface area contributed by atoms with E-state index in [2.05, 4.69) is 15.9 Å². The van der Waals surface area contributed by atoms with Gasteiger partial charge in [0.05, 0.1) is 17.7 Å². The Bertz CT molecular complexity index is 429. The van der Waals surface area contributed by atoms with E-state index in [0.29, 0.717) is 5.56 Å². The van der Waals surface area contributed by atoms with Gasteiger partial charge < -0.3 is 10.0 Å². The predicted octanol–water partition coefficient (Wildman–Crippen LogP) is 2.60. The van der Waals surface area contributed by atoms with Crippen LogP contribution in [0, 0.1) is 6.92 Å². The van der Waals surface area contributed by atoms with Crippen LogP contribution in [0.3, 0.4) is 0 Å². The number of amides is 1. The zero-order valence-corrected chi connectivity index (χ0v) is 12.2. The lowest BCUT2D eigenvalue weighted by atomic mass is 10.0. The van der Waals surface area contributed by atoms with Crippen LogP contribution in [0.4, 0.5) is 0 Å². The summed E-state index contributed by atoms with van der Waals surface area (Å²) in [6.07, 6.45) is 0. The lowest BCUT2D eigenvalue weighted by Crippen LogP contribution is -2.47. The molecule has 0 fully saturated rings. The number of aryl methyl sites for hydroxylation is 1. The summed E-state index contributed by atoms with van der Waals surface area (Å²) in [5.74, 6) is -0.0976. The van der Waals surface area contributed by atoms with Crippen molar-refractivity contribution in [3.63, 3.8) is 0 Å². The maximum Gasteiger partial charge on any atom is 0.255 e. The molecule has 0 aliphatic carbocycles. The molecule has 0 atom stereocenters. The van der Waals surface area contributed by atoms with Gasteiger partial charge in [-0.3, -0.25) is 4.79 Å². The topological polar surface area (TPSA) is 40.5 Å². The number of hydrogen-bond acceptors (Lipinski definition) is 2. The first-order valence-electron chi connectivity index (χ1n) is 5.45. The second kappa shape index (κ2) is 5.19. The Morgan fingerprint density at radius 2 is 2.06 bits per heavy atom. The molecule has 0 saturated carbocycles. The highest BCUT2D eigenvalue weighted by molar-refractivity contribution is 9.10. The maximum atomic E-state index is 12.3. The van der Waals surface area contributed by atoms with E-state index in [1.165, 1.54) is 0 Å². The third-order valence-corrected chi connectivity index (χ3v) is 4.07. The SMILES string of the molecule is Cc1cccc(C(=O)N(C)C(C)(C)CO)c1Br. The average molecular weight is 300 g/mol. The molecule has 0 heterocycles. The zero-order valence-electron chi connectivity index (χ0n) is 10.6. The Balaban J connectivity index is 3.09. The monoisotopic (exact) mass is 299 g/mol. The number of carbonyl (C=O) groups excluding carboxylic acids is 1. The van der Waals surface area contributed by atoms with Gasteiger partial charge in [-0.2, -0.15) is 0 Å². The molecule has 1 rings (SSSR count). The Morgan fingerprint density at radius 1 is 1.47 bits per heavy atom. The molecular formula is C13H18BrNO2. The second-order valence-corrected chi connectivity index (χ2v) is 5.56. The van der Waals surface area contributed by atoms with Crippen LogP contribution in [0.25, 0.3) is 0 Å². The van der Waals surface area contributed by atoms with E-state index in [-0.39, 0.29) is 12.5 Å². The number of carbonyl (C=O) groups is 1. The van der Waals surface area contributed by atoms with E-state index in [9.17, 15) is 9.90 Å². The van der Waals surface area contributed by atoms with Crippen molar-refractivity contribution in [3.8, 4) is 0 Å². The minimum absolute atomic E-state index is 0.0708. The predicted molar refractivity (Wildman–Crippen MR) is 72.1 cm³/mol. The Labute approximate surface area is 111 Å². The first kappa shape index (κ1) is 14.2. The highest BCUT2D eigenvalue weighted by Gasteiger charge is 2.28. The minimum Gasteiger partial charge on any atom is -0.394 e. The van der Waals surface area contributed by atoms with Gasteiger partial charge in [0.2, 0.25) is 0 Å². The first-order chi connectivity index (χ1) is 7.81. The largest absolute Gasteiger partial charge is 0.394 e. The van der Waals surface area contributed by atoms with Crippen molar-refractivity contribution in [1.29, 1.82) is 0 Å². The third kappa shape index (κ3) is 2.87. The highest BCUT2D eigenvalue weighted by atomic mass is 79.9. The molecule has 1 amide bonds. The molecule has 0 unspecified atom stereocenters. The summed E-state index contributed by atoms with van der Waals surface area (Å²) in [7, 11) is 1.70. The van der Waals surface area contributed by atoms with E-state index in [1.54, 1.807) is 18.0 Å². The summed E-state index contributed by atoms with van der Waals surface area (Å²) in [4.78, 5) is 13.9. The van der Waals surface area contributed by atoms with Crippen molar-refractivity contribution >= 4 is 21.8 Å². The molecular weight excluding hydrogens is 282 g/mol. The van der Waals surface area contributed by atoms with Crippen LogP contribution in [0.15, 0.2) is 22.7 Å². The van der Waals surface area contributed by atoms with Gasteiger partial charge in [-0.05, 0) is 48.3 Å². The van der Waals surface area contributed by atoms with Crippen LogP contribution in [-0.2, 0) is 0 Å². The molecule has 0 aromatic heterocycles. The highest BCUT2D eigenvalue weighted by Crippen LogP contribution is 2.24. The van der Waals surface area contributed by atoms with Crippen LogP contribution in [0.1, 0.15) is 29.8 Å². The number of nitrogens with zero attached hydrogens (tertiary/aromatic N) is 1. The molecule has 0 saturated heterocycles. The van der Waals surface area contributed by atoms with Gasteiger partial charge in [-0.15, -0.1) is 0 Å². The van der Waals surface area contributed by atoms with Gasteiger partial charge >= 0.3 is 0 Å². The lowest BCUT2D eigenvalue weighted by molar-refractivity contribution is 0.0472. The summed E-state index contributed by atoms with van der Waals surface area (Å²) >= 11 is 3.43. The number of hydrogen-bond donors (Lipinski definition) is 1. The van der Waals surface area contributed by atoms with E-state index >= 15 is 0 Å². The molecule has 0 aliphatic rings. The molecule has 1 aromatic carbocycles. The molecule has 0 bridgehead atoms. The van der Waals surface area contributed by atoms with Crippen LogP contribution < -0.4 is 0 Å². The molecule has 17 heavy (non-hydrogen) atoms.